The van der Waals surface area contributed by atoms with Crippen molar-refractivity contribution in [1.82, 2.24) is 14.9 Å². The van der Waals surface area contributed by atoms with E-state index in [2.05, 4.69) is 15.3 Å². The van der Waals surface area contributed by atoms with Crippen molar-refractivity contribution in [2.75, 3.05) is 26.0 Å². The van der Waals surface area contributed by atoms with Crippen LogP contribution in [0.3, 0.4) is 0 Å². The van der Waals surface area contributed by atoms with E-state index in [1.165, 1.54) is 0 Å². The molecule has 1 aromatic carbocycles. The van der Waals surface area contributed by atoms with Crippen LogP contribution in [0.5, 0.6) is 0 Å². The van der Waals surface area contributed by atoms with Gasteiger partial charge in [0.15, 0.2) is 0 Å². The number of hydrogen-bond donors (Lipinski definition) is 2. The van der Waals surface area contributed by atoms with Crippen LogP contribution in [-0.2, 0) is 4.79 Å². The number of hydrogen-bond acceptors (Lipinski definition) is 3. The second kappa shape index (κ2) is 5.18. The summed E-state index contributed by atoms with van der Waals surface area (Å²) in [5.74, 6) is 0.485. The molecule has 18 heavy (non-hydrogen) atoms. The van der Waals surface area contributed by atoms with E-state index >= 15 is 0 Å². The fourth-order valence-corrected chi connectivity index (χ4v) is 1.70. The quantitative estimate of drug-likeness (QED) is 0.870. The van der Waals surface area contributed by atoms with Crippen LogP contribution >= 0.6 is 0 Å². The van der Waals surface area contributed by atoms with Crippen molar-refractivity contribution in [3.63, 3.8) is 0 Å². The molecule has 5 heteroatoms. The third-order valence-electron chi connectivity index (χ3n) is 2.68. The number of amides is 1. The van der Waals surface area contributed by atoms with Crippen LogP contribution in [0, 0.1) is 6.92 Å². The number of anilines is 1. The van der Waals surface area contributed by atoms with Gasteiger partial charge in [-0.3, -0.25) is 10.1 Å². The summed E-state index contributed by atoms with van der Waals surface area (Å²) in [4.78, 5) is 21.1. The molecule has 0 aliphatic heterocycles. The molecule has 1 heterocycles. The number of imidazole rings is 1. The Kier molecular flexibility index (Phi) is 3.62. The van der Waals surface area contributed by atoms with E-state index in [9.17, 15) is 4.79 Å². The molecule has 0 saturated carbocycles. The molecule has 0 saturated heterocycles. The average molecular weight is 248 g/mol. The lowest BCUT2D eigenvalue weighted by Gasteiger charge is -2.08. The maximum atomic E-state index is 11.7. The number of nitrogens with one attached hydrogen (secondary N) is 2. The second-order valence-corrected chi connectivity index (χ2v) is 4.71. The lowest BCUT2D eigenvalue weighted by atomic mass is 10.2. The van der Waals surface area contributed by atoms with E-state index in [-0.39, 0.29) is 7.33 Å². The summed E-state index contributed by atoms with van der Waals surface area (Å²) in [6.45, 7) is 2.75. The smallest absolute Gasteiger partial charge is 0.227 e. The molecule has 0 unspecified atom stereocenters. The minimum Gasteiger partial charge on any atom is -0.324 e. The number of benzene rings is 1. The zero-order chi connectivity index (χ0) is 13.1. The van der Waals surface area contributed by atoms with Crippen molar-refractivity contribution in [3.8, 4) is 0 Å². The fraction of sp³-hybridized carbons (Fsp3) is 0.385. The first-order chi connectivity index (χ1) is 8.54. The molecule has 2 aromatic rings. The van der Waals surface area contributed by atoms with Crippen molar-refractivity contribution in [2.45, 2.75) is 13.3 Å². The number of aryl methyl sites for hydroxylation is 1. The molecule has 0 spiro atoms. The molecular formula is C13H20N4O. The van der Waals surface area contributed by atoms with E-state index in [1.807, 2.05) is 44.1 Å². The van der Waals surface area contributed by atoms with Crippen LogP contribution in [-0.4, -0.2) is 41.4 Å². The molecule has 2 N–H and O–H groups in total. The van der Waals surface area contributed by atoms with Crippen molar-refractivity contribution < 1.29 is 6.22 Å². The van der Waals surface area contributed by atoms with Gasteiger partial charge < -0.3 is 9.88 Å². The monoisotopic (exact) mass is 248 g/mol. The zero-order valence-electron chi connectivity index (χ0n) is 10.9. The maximum Gasteiger partial charge on any atom is 0.227 e. The largest absolute Gasteiger partial charge is 0.324 e. The highest BCUT2D eigenvalue weighted by atomic mass is 16.1. The van der Waals surface area contributed by atoms with Crippen molar-refractivity contribution in [2.24, 2.45) is 0 Å². The summed E-state index contributed by atoms with van der Waals surface area (Å²) in [5.41, 5.74) is 2.97. The van der Waals surface area contributed by atoms with Gasteiger partial charge in [0.05, 0.1) is 11.0 Å². The summed E-state index contributed by atoms with van der Waals surface area (Å²) >= 11 is 0. The Balaban J connectivity index is 0.00000180. The topological polar surface area (TPSA) is 61.0 Å². The molecule has 98 valence electrons. The Morgan fingerprint density at radius 3 is 3.00 bits per heavy atom. The first-order valence-electron chi connectivity index (χ1n) is 5.95. The molecule has 0 fully saturated rings. The van der Waals surface area contributed by atoms with Crippen LogP contribution in [0.25, 0.3) is 11.0 Å². The van der Waals surface area contributed by atoms with Gasteiger partial charge in [-0.2, -0.15) is 0 Å². The van der Waals surface area contributed by atoms with Crippen molar-refractivity contribution in [1.29, 1.82) is 0 Å². The minimum absolute atomic E-state index is 0. The SMILES string of the molecule is Cc1ccc2nc(NC(=O)CCN(C)C)[nH]c2c1.[HH]. The second-order valence-electron chi connectivity index (χ2n) is 4.71. The lowest BCUT2D eigenvalue weighted by Crippen LogP contribution is -2.21. The van der Waals surface area contributed by atoms with Crippen LogP contribution in [0.2, 0.25) is 0 Å². The molecule has 2 rings (SSSR count). The van der Waals surface area contributed by atoms with Gasteiger partial charge in [-0.25, -0.2) is 4.98 Å². The number of rotatable bonds is 4. The van der Waals surface area contributed by atoms with E-state index in [0.29, 0.717) is 12.4 Å². The summed E-state index contributed by atoms with van der Waals surface area (Å²) in [6.07, 6.45) is 0.461. The summed E-state index contributed by atoms with van der Waals surface area (Å²) in [7, 11) is 3.88. The zero-order valence-corrected chi connectivity index (χ0v) is 10.9. The summed E-state index contributed by atoms with van der Waals surface area (Å²) in [5, 5.41) is 2.77. The van der Waals surface area contributed by atoms with E-state index < -0.39 is 0 Å². The molecule has 0 aliphatic rings. The number of aromatic amines is 1. The fourth-order valence-electron chi connectivity index (χ4n) is 1.70. The van der Waals surface area contributed by atoms with Crippen LogP contribution < -0.4 is 5.32 Å². The van der Waals surface area contributed by atoms with Gasteiger partial charge >= 0.3 is 0 Å². The van der Waals surface area contributed by atoms with Crippen LogP contribution in [0.4, 0.5) is 5.95 Å². The van der Waals surface area contributed by atoms with E-state index in [4.69, 9.17) is 0 Å². The number of carbonyl (C=O) groups excluding carboxylic acids is 1. The molecule has 1 aromatic heterocycles. The predicted molar refractivity (Wildman–Crippen MR) is 74.7 cm³/mol. The number of H-pyrrole nitrogens is 1. The first-order valence-corrected chi connectivity index (χ1v) is 5.95. The van der Waals surface area contributed by atoms with Crippen LogP contribution in [0.1, 0.15) is 13.4 Å². The lowest BCUT2D eigenvalue weighted by molar-refractivity contribution is -0.116. The Labute approximate surface area is 108 Å². The summed E-state index contributed by atoms with van der Waals surface area (Å²) < 4.78 is 0. The number of fused-ring (bicyclic) bond motifs is 1. The third-order valence-corrected chi connectivity index (χ3v) is 2.68. The van der Waals surface area contributed by atoms with Gasteiger partial charge in [0.2, 0.25) is 11.9 Å². The molecule has 0 radical (unpaired) electrons. The van der Waals surface area contributed by atoms with E-state index in [0.717, 1.165) is 23.1 Å². The van der Waals surface area contributed by atoms with Gasteiger partial charge in [-0.1, -0.05) is 6.07 Å². The molecule has 1 amide bonds. The maximum absolute atomic E-state index is 11.7. The number of nitrogens with zero attached hydrogens (tertiary/aromatic N) is 2. The third kappa shape index (κ3) is 3.07. The molecule has 0 atom stereocenters. The highest BCUT2D eigenvalue weighted by Crippen LogP contribution is 2.15. The Morgan fingerprint density at radius 2 is 2.28 bits per heavy atom. The Hall–Kier alpha value is -1.88. The van der Waals surface area contributed by atoms with E-state index in [1.54, 1.807) is 0 Å². The van der Waals surface area contributed by atoms with Gasteiger partial charge in [0, 0.05) is 14.4 Å². The van der Waals surface area contributed by atoms with Gasteiger partial charge in [-0.15, -0.1) is 0 Å². The van der Waals surface area contributed by atoms with Gasteiger partial charge in [0.1, 0.15) is 0 Å². The van der Waals surface area contributed by atoms with Crippen molar-refractivity contribution in [3.05, 3.63) is 23.8 Å². The Bertz CT molecular complexity index is 565. The van der Waals surface area contributed by atoms with Crippen molar-refractivity contribution >= 4 is 22.9 Å². The van der Waals surface area contributed by atoms with Gasteiger partial charge in [0.25, 0.3) is 0 Å². The summed E-state index contributed by atoms with van der Waals surface area (Å²) in [6, 6.07) is 5.95. The van der Waals surface area contributed by atoms with Crippen LogP contribution in [0.15, 0.2) is 18.2 Å². The normalized spacial score (nSPS) is 11.1. The highest BCUT2D eigenvalue weighted by molar-refractivity contribution is 5.91. The Morgan fingerprint density at radius 1 is 1.50 bits per heavy atom. The molecule has 0 aliphatic carbocycles. The number of aromatic nitrogens is 2. The van der Waals surface area contributed by atoms with Gasteiger partial charge in [-0.05, 0) is 38.7 Å². The molecular weight excluding hydrogens is 228 g/mol. The minimum atomic E-state index is -0.0283. The number of carbonyl (C=O) groups is 1. The average Bonchev–Trinajstić information content (AvgIpc) is 2.67. The predicted octanol–water partition coefficient (Wildman–Crippen LogP) is 2.01. The first kappa shape index (κ1) is 12.6. The highest BCUT2D eigenvalue weighted by Gasteiger charge is 2.07. The standard InChI is InChI=1S/C13H18N4O.H2/c1-9-4-5-10-11(8-9)15-13(14-10)16-12(18)6-7-17(2)3;/h4-5,8H,6-7H2,1-3H3,(H2,14,15,16,18);1H. The molecule has 0 bridgehead atoms. The molecule has 5 nitrogen and oxygen atoms in total.